The molecule has 41 heavy (non-hydrogen) atoms. The standard InChI is InChI=1S/C30H25ClN2O7S/c1-5-38-29(36)26-16(2)32-30-33(27(26)19-9-11-23(39-17(3)34)24(14-19)37-4)28(35)25(41-30)15-21-10-12-22(40-21)18-7-6-8-20(31)13-18/h6-15,27H,5H2,1-4H3/b25-15+. The van der Waals surface area contributed by atoms with Crippen LogP contribution in [-0.4, -0.2) is 30.2 Å². The van der Waals surface area contributed by atoms with Gasteiger partial charge in [0, 0.05) is 23.6 Å². The number of methoxy groups -OCH3 is 1. The Morgan fingerprint density at radius 3 is 2.66 bits per heavy atom. The van der Waals surface area contributed by atoms with E-state index in [1.54, 1.807) is 62.4 Å². The van der Waals surface area contributed by atoms with Gasteiger partial charge in [-0.15, -0.1) is 0 Å². The Morgan fingerprint density at radius 1 is 1.15 bits per heavy atom. The van der Waals surface area contributed by atoms with E-state index < -0.39 is 18.0 Å². The van der Waals surface area contributed by atoms with Gasteiger partial charge >= 0.3 is 11.9 Å². The van der Waals surface area contributed by atoms with Gasteiger partial charge in [0.15, 0.2) is 16.3 Å². The molecule has 1 atom stereocenters. The molecule has 0 aliphatic carbocycles. The SMILES string of the molecule is CCOC(=O)C1=C(C)N=c2s/c(=C/c3ccc(-c4cccc(Cl)c4)o3)c(=O)n2C1c1ccc(OC(C)=O)c(OC)c1. The van der Waals surface area contributed by atoms with Crippen molar-refractivity contribution < 1.29 is 28.2 Å². The summed E-state index contributed by atoms with van der Waals surface area (Å²) in [5.41, 5.74) is 1.63. The molecule has 2 aromatic heterocycles. The normalized spacial score (nSPS) is 14.9. The van der Waals surface area contributed by atoms with Gasteiger partial charge in [0.2, 0.25) is 0 Å². The molecule has 1 aliphatic rings. The van der Waals surface area contributed by atoms with Crippen LogP contribution >= 0.6 is 22.9 Å². The molecule has 4 aromatic rings. The van der Waals surface area contributed by atoms with Gasteiger partial charge in [-0.1, -0.05) is 41.1 Å². The van der Waals surface area contributed by atoms with E-state index in [2.05, 4.69) is 4.99 Å². The third kappa shape index (κ3) is 5.61. The number of hydrogen-bond donors (Lipinski definition) is 0. The van der Waals surface area contributed by atoms with E-state index in [1.807, 2.05) is 12.1 Å². The van der Waals surface area contributed by atoms with Crippen LogP contribution in [0.2, 0.25) is 5.02 Å². The average Bonchev–Trinajstić information content (AvgIpc) is 3.52. The summed E-state index contributed by atoms with van der Waals surface area (Å²) >= 11 is 7.30. The van der Waals surface area contributed by atoms with Crippen LogP contribution < -0.4 is 24.4 Å². The quantitative estimate of drug-likeness (QED) is 0.227. The zero-order chi connectivity index (χ0) is 29.3. The summed E-state index contributed by atoms with van der Waals surface area (Å²) in [6.07, 6.45) is 1.64. The van der Waals surface area contributed by atoms with Crippen molar-refractivity contribution in [3.05, 3.63) is 102 Å². The van der Waals surface area contributed by atoms with E-state index in [9.17, 15) is 14.4 Å². The number of hydrogen-bond acceptors (Lipinski definition) is 9. The largest absolute Gasteiger partial charge is 0.493 e. The van der Waals surface area contributed by atoms with Gasteiger partial charge in [-0.3, -0.25) is 14.2 Å². The number of halogens is 1. The van der Waals surface area contributed by atoms with Crippen molar-refractivity contribution in [2.75, 3.05) is 13.7 Å². The molecule has 5 rings (SSSR count). The van der Waals surface area contributed by atoms with Gasteiger partial charge in [-0.2, -0.15) is 0 Å². The maximum absolute atomic E-state index is 13.9. The topological polar surface area (TPSA) is 109 Å². The van der Waals surface area contributed by atoms with Crippen molar-refractivity contribution in [3.63, 3.8) is 0 Å². The fourth-order valence-electron chi connectivity index (χ4n) is 4.56. The Bertz CT molecular complexity index is 1880. The van der Waals surface area contributed by atoms with Gasteiger partial charge in [-0.05, 0) is 55.8 Å². The number of esters is 2. The molecule has 0 amide bonds. The van der Waals surface area contributed by atoms with Gasteiger partial charge in [0.1, 0.15) is 11.5 Å². The van der Waals surface area contributed by atoms with Crippen molar-refractivity contribution in [2.24, 2.45) is 4.99 Å². The first-order valence-electron chi connectivity index (χ1n) is 12.6. The van der Waals surface area contributed by atoms with E-state index in [-0.39, 0.29) is 29.2 Å². The van der Waals surface area contributed by atoms with Crippen molar-refractivity contribution in [2.45, 2.75) is 26.8 Å². The number of aromatic nitrogens is 1. The van der Waals surface area contributed by atoms with Crippen molar-refractivity contribution in [1.82, 2.24) is 4.57 Å². The molecular weight excluding hydrogens is 568 g/mol. The number of thiazole rings is 1. The number of ether oxygens (including phenoxy) is 3. The molecule has 1 unspecified atom stereocenters. The lowest BCUT2D eigenvalue weighted by Gasteiger charge is -2.25. The van der Waals surface area contributed by atoms with Gasteiger partial charge in [0.25, 0.3) is 5.56 Å². The van der Waals surface area contributed by atoms with E-state index in [0.717, 1.165) is 5.56 Å². The summed E-state index contributed by atoms with van der Waals surface area (Å²) in [5.74, 6) is 0.446. The smallest absolute Gasteiger partial charge is 0.338 e. The summed E-state index contributed by atoms with van der Waals surface area (Å²) in [4.78, 5) is 43.6. The molecule has 0 radical (unpaired) electrons. The summed E-state index contributed by atoms with van der Waals surface area (Å²) in [6, 6.07) is 14.8. The minimum Gasteiger partial charge on any atom is -0.493 e. The predicted octanol–water partition coefficient (Wildman–Crippen LogP) is 4.65. The Kier molecular flexibility index (Phi) is 7.96. The first kappa shape index (κ1) is 28.1. The summed E-state index contributed by atoms with van der Waals surface area (Å²) in [5, 5.41) is 0.582. The molecule has 3 heterocycles. The second kappa shape index (κ2) is 11.6. The molecule has 11 heteroatoms. The first-order valence-corrected chi connectivity index (χ1v) is 13.8. The molecule has 0 saturated carbocycles. The zero-order valence-corrected chi connectivity index (χ0v) is 24.2. The van der Waals surface area contributed by atoms with E-state index >= 15 is 0 Å². The van der Waals surface area contributed by atoms with Crippen LogP contribution in [0.3, 0.4) is 0 Å². The second-order valence-electron chi connectivity index (χ2n) is 9.02. The van der Waals surface area contributed by atoms with Crippen molar-refractivity contribution in [1.29, 1.82) is 0 Å². The number of rotatable bonds is 7. The molecule has 0 N–H and O–H groups in total. The van der Waals surface area contributed by atoms with Gasteiger partial charge in [0.05, 0.1) is 35.6 Å². The highest BCUT2D eigenvalue weighted by molar-refractivity contribution is 7.07. The molecule has 0 saturated heterocycles. The maximum Gasteiger partial charge on any atom is 0.338 e. The van der Waals surface area contributed by atoms with E-state index in [4.69, 9.17) is 30.2 Å². The highest BCUT2D eigenvalue weighted by atomic mass is 35.5. The third-order valence-corrected chi connectivity index (χ3v) is 7.50. The monoisotopic (exact) mass is 592 g/mol. The molecule has 2 aromatic carbocycles. The fourth-order valence-corrected chi connectivity index (χ4v) is 5.77. The van der Waals surface area contributed by atoms with Crippen molar-refractivity contribution >= 4 is 41.0 Å². The maximum atomic E-state index is 13.9. The minimum atomic E-state index is -0.869. The Balaban J connectivity index is 1.65. The first-order chi connectivity index (χ1) is 19.7. The Morgan fingerprint density at radius 2 is 1.95 bits per heavy atom. The summed E-state index contributed by atoms with van der Waals surface area (Å²) in [6.45, 7) is 4.84. The van der Waals surface area contributed by atoms with Crippen LogP contribution in [0.25, 0.3) is 17.4 Å². The second-order valence-corrected chi connectivity index (χ2v) is 10.5. The minimum absolute atomic E-state index is 0.148. The van der Waals surface area contributed by atoms with Gasteiger partial charge in [-0.25, -0.2) is 9.79 Å². The average molecular weight is 593 g/mol. The number of allylic oxidation sites excluding steroid dienone is 1. The lowest BCUT2D eigenvalue weighted by molar-refractivity contribution is -0.139. The number of fused-ring (bicyclic) bond motifs is 1. The fraction of sp³-hybridized carbons (Fsp3) is 0.200. The molecule has 1 aliphatic heterocycles. The van der Waals surface area contributed by atoms with Gasteiger partial charge < -0.3 is 18.6 Å². The number of benzene rings is 2. The summed E-state index contributed by atoms with van der Waals surface area (Å²) in [7, 11) is 1.44. The van der Waals surface area contributed by atoms with Crippen LogP contribution in [0.1, 0.15) is 38.1 Å². The lowest BCUT2D eigenvalue weighted by Crippen LogP contribution is -2.39. The lowest BCUT2D eigenvalue weighted by atomic mass is 9.95. The molecule has 0 fully saturated rings. The van der Waals surface area contributed by atoms with Crippen LogP contribution in [0.4, 0.5) is 0 Å². The summed E-state index contributed by atoms with van der Waals surface area (Å²) < 4.78 is 23.8. The molecule has 0 bridgehead atoms. The Hall–Kier alpha value is -4.41. The molecular formula is C30H25ClN2O7S. The van der Waals surface area contributed by atoms with Crippen LogP contribution in [0.5, 0.6) is 11.5 Å². The highest BCUT2D eigenvalue weighted by Crippen LogP contribution is 2.36. The van der Waals surface area contributed by atoms with Crippen LogP contribution in [-0.2, 0) is 14.3 Å². The zero-order valence-electron chi connectivity index (χ0n) is 22.6. The van der Waals surface area contributed by atoms with E-state index in [0.29, 0.717) is 37.1 Å². The predicted molar refractivity (Wildman–Crippen MR) is 154 cm³/mol. The molecule has 0 spiro atoms. The van der Waals surface area contributed by atoms with Crippen LogP contribution in [0, 0.1) is 0 Å². The number of furan rings is 1. The molecule has 210 valence electrons. The number of carbonyl (C=O) groups is 2. The number of nitrogens with zero attached hydrogens (tertiary/aromatic N) is 2. The van der Waals surface area contributed by atoms with E-state index in [1.165, 1.54) is 29.9 Å². The van der Waals surface area contributed by atoms with Crippen molar-refractivity contribution in [3.8, 4) is 22.8 Å². The number of carbonyl (C=O) groups excluding carboxylic acids is 2. The Labute approximate surface area is 243 Å². The van der Waals surface area contributed by atoms with Crippen LogP contribution in [0.15, 0.2) is 80.1 Å². The highest BCUT2D eigenvalue weighted by Gasteiger charge is 2.34. The molecule has 9 nitrogen and oxygen atoms in total. The third-order valence-electron chi connectivity index (χ3n) is 6.28.